The molecule has 24 heavy (non-hydrogen) atoms. The van der Waals surface area contributed by atoms with E-state index >= 15 is 0 Å². The van der Waals surface area contributed by atoms with E-state index in [0.29, 0.717) is 27.2 Å². The molecule has 0 aliphatic carbocycles. The average molecular weight is 365 g/mol. The Kier molecular flexibility index (Phi) is 4.93. The smallest absolute Gasteiger partial charge is 0.349 e. The van der Waals surface area contributed by atoms with Gasteiger partial charge in [-0.2, -0.15) is 0 Å². The van der Waals surface area contributed by atoms with E-state index in [4.69, 9.17) is 32.7 Å². The highest BCUT2D eigenvalue weighted by Gasteiger charge is 2.10. The molecule has 0 saturated heterocycles. The summed E-state index contributed by atoms with van der Waals surface area (Å²) in [5.41, 5.74) is 0.659. The number of ether oxygens (including phenoxy) is 2. The van der Waals surface area contributed by atoms with Crippen molar-refractivity contribution in [3.8, 4) is 17.2 Å². The highest BCUT2D eigenvalue weighted by Crippen LogP contribution is 2.27. The summed E-state index contributed by atoms with van der Waals surface area (Å²) in [6, 6.07) is 11.5. The zero-order valence-electron chi connectivity index (χ0n) is 12.1. The summed E-state index contributed by atoms with van der Waals surface area (Å²) in [6.45, 7) is -0.295. The molecule has 0 amide bonds. The maximum absolute atomic E-state index is 11.9. The molecule has 0 fully saturated rings. The van der Waals surface area contributed by atoms with Gasteiger partial charge >= 0.3 is 5.97 Å². The normalized spacial score (nSPS) is 10.4. The Labute approximate surface area is 146 Å². The second kappa shape index (κ2) is 7.29. The molecule has 0 bridgehead atoms. The van der Waals surface area contributed by atoms with Gasteiger partial charge in [0.25, 0.3) is 0 Å². The van der Waals surface area contributed by atoms with Gasteiger partial charge in [-0.15, -0.1) is 5.10 Å². The molecule has 122 valence electrons. The van der Waals surface area contributed by atoms with Crippen LogP contribution in [0.4, 0.5) is 0 Å². The van der Waals surface area contributed by atoms with Crippen molar-refractivity contribution in [1.82, 2.24) is 20.2 Å². The molecular formula is C15H10Cl2N4O3. The minimum absolute atomic E-state index is 0.295. The van der Waals surface area contributed by atoms with Crippen molar-refractivity contribution >= 4 is 29.2 Å². The van der Waals surface area contributed by atoms with Gasteiger partial charge in [-0.25, -0.2) is 9.48 Å². The Hall–Kier alpha value is -2.64. The number of hydrogen-bond donors (Lipinski definition) is 0. The topological polar surface area (TPSA) is 79.1 Å². The number of tetrazole rings is 1. The number of esters is 1. The van der Waals surface area contributed by atoms with Crippen molar-refractivity contribution in [2.45, 2.75) is 0 Å². The summed E-state index contributed by atoms with van der Waals surface area (Å²) in [5, 5.41) is 11.7. The Morgan fingerprint density at radius 2 is 2.04 bits per heavy atom. The van der Waals surface area contributed by atoms with E-state index in [0.717, 1.165) is 0 Å². The first-order valence-corrected chi connectivity index (χ1v) is 7.49. The van der Waals surface area contributed by atoms with Gasteiger partial charge in [0.1, 0.15) is 17.8 Å². The lowest BCUT2D eigenvalue weighted by Crippen LogP contribution is -2.17. The molecule has 0 radical (unpaired) electrons. The second-order valence-corrected chi connectivity index (χ2v) is 5.43. The van der Waals surface area contributed by atoms with Crippen LogP contribution in [0.5, 0.6) is 11.5 Å². The number of nitrogens with zero attached hydrogens (tertiary/aromatic N) is 4. The van der Waals surface area contributed by atoms with Crippen LogP contribution in [0.1, 0.15) is 0 Å². The first kappa shape index (κ1) is 16.2. The summed E-state index contributed by atoms with van der Waals surface area (Å²) in [4.78, 5) is 11.9. The summed E-state index contributed by atoms with van der Waals surface area (Å²) >= 11 is 11.8. The number of rotatable bonds is 5. The van der Waals surface area contributed by atoms with Crippen molar-refractivity contribution in [2.75, 3.05) is 6.61 Å². The molecule has 0 N–H and O–H groups in total. The van der Waals surface area contributed by atoms with Crippen LogP contribution in [0.15, 0.2) is 48.8 Å². The monoisotopic (exact) mass is 364 g/mol. The highest BCUT2D eigenvalue weighted by molar-refractivity contribution is 6.35. The number of carbonyl (C=O) groups is 1. The number of hydrogen-bond acceptors (Lipinski definition) is 6. The number of aromatic nitrogens is 4. The molecule has 0 spiro atoms. The molecule has 0 unspecified atom stereocenters. The highest BCUT2D eigenvalue weighted by atomic mass is 35.5. The minimum Gasteiger partial charge on any atom is -0.480 e. The van der Waals surface area contributed by atoms with Gasteiger partial charge in [-0.1, -0.05) is 29.3 Å². The van der Waals surface area contributed by atoms with Crippen LogP contribution < -0.4 is 9.47 Å². The fourth-order valence-electron chi connectivity index (χ4n) is 1.86. The third-order valence-electron chi connectivity index (χ3n) is 2.90. The van der Waals surface area contributed by atoms with E-state index in [1.807, 2.05) is 0 Å². The summed E-state index contributed by atoms with van der Waals surface area (Å²) < 4.78 is 12.0. The Balaban J connectivity index is 1.62. The molecule has 0 saturated carbocycles. The van der Waals surface area contributed by atoms with Crippen LogP contribution in [0.25, 0.3) is 5.69 Å². The molecule has 1 heterocycles. The van der Waals surface area contributed by atoms with Crippen molar-refractivity contribution in [1.29, 1.82) is 0 Å². The summed E-state index contributed by atoms with van der Waals surface area (Å²) in [7, 11) is 0. The fourth-order valence-corrected chi connectivity index (χ4v) is 2.32. The zero-order valence-corrected chi connectivity index (χ0v) is 13.6. The van der Waals surface area contributed by atoms with E-state index in [1.165, 1.54) is 17.1 Å². The molecule has 3 aromatic rings. The molecule has 7 nitrogen and oxygen atoms in total. The van der Waals surface area contributed by atoms with Crippen LogP contribution in [-0.2, 0) is 4.79 Å². The number of halogens is 2. The Bertz CT molecular complexity index is 856. The molecular weight excluding hydrogens is 355 g/mol. The van der Waals surface area contributed by atoms with E-state index in [9.17, 15) is 4.79 Å². The maximum Gasteiger partial charge on any atom is 0.349 e. The third kappa shape index (κ3) is 4.01. The van der Waals surface area contributed by atoms with Crippen molar-refractivity contribution in [2.24, 2.45) is 0 Å². The van der Waals surface area contributed by atoms with Gasteiger partial charge in [0.05, 0.1) is 10.7 Å². The summed E-state index contributed by atoms with van der Waals surface area (Å²) in [6.07, 6.45) is 1.44. The van der Waals surface area contributed by atoms with E-state index in [1.54, 1.807) is 36.4 Å². The third-order valence-corrected chi connectivity index (χ3v) is 3.43. The molecule has 0 atom stereocenters. The minimum atomic E-state index is -0.574. The lowest BCUT2D eigenvalue weighted by molar-refractivity contribution is -0.136. The second-order valence-electron chi connectivity index (χ2n) is 4.59. The Morgan fingerprint density at radius 1 is 1.17 bits per heavy atom. The lowest BCUT2D eigenvalue weighted by atomic mass is 10.3. The van der Waals surface area contributed by atoms with Crippen LogP contribution in [0, 0.1) is 0 Å². The van der Waals surface area contributed by atoms with Gasteiger partial charge in [0, 0.05) is 11.1 Å². The standard InChI is InChI=1S/C15H10Cl2N4O3/c16-10-4-5-14(13(17)6-10)23-8-15(22)24-12-3-1-2-11(7-12)21-9-18-19-20-21/h1-7,9H,8H2. The molecule has 0 aliphatic rings. The van der Waals surface area contributed by atoms with E-state index < -0.39 is 5.97 Å². The fraction of sp³-hybridized carbons (Fsp3) is 0.0667. The van der Waals surface area contributed by atoms with Crippen molar-refractivity contribution < 1.29 is 14.3 Å². The first-order valence-electron chi connectivity index (χ1n) is 6.74. The van der Waals surface area contributed by atoms with Crippen LogP contribution in [0.2, 0.25) is 10.0 Å². The maximum atomic E-state index is 11.9. The van der Waals surface area contributed by atoms with Crippen LogP contribution in [-0.4, -0.2) is 32.8 Å². The molecule has 2 aromatic carbocycles. The molecule has 0 aliphatic heterocycles. The number of benzene rings is 2. The number of carbonyl (C=O) groups excluding carboxylic acids is 1. The molecule has 3 rings (SSSR count). The van der Waals surface area contributed by atoms with Gasteiger partial charge in [0.15, 0.2) is 6.61 Å². The predicted octanol–water partition coefficient (Wildman–Crippen LogP) is 2.95. The van der Waals surface area contributed by atoms with Gasteiger partial charge in [-0.05, 0) is 40.8 Å². The van der Waals surface area contributed by atoms with Gasteiger partial charge in [-0.3, -0.25) is 0 Å². The molecule has 9 heteroatoms. The van der Waals surface area contributed by atoms with Crippen LogP contribution >= 0.6 is 23.2 Å². The summed E-state index contributed by atoms with van der Waals surface area (Å²) in [5.74, 6) is 0.120. The predicted molar refractivity (Wildman–Crippen MR) is 86.7 cm³/mol. The van der Waals surface area contributed by atoms with Gasteiger partial charge < -0.3 is 9.47 Å². The van der Waals surface area contributed by atoms with Gasteiger partial charge in [0.2, 0.25) is 0 Å². The average Bonchev–Trinajstić information content (AvgIpc) is 3.09. The van der Waals surface area contributed by atoms with Crippen molar-refractivity contribution in [3.05, 3.63) is 58.8 Å². The van der Waals surface area contributed by atoms with E-state index in [-0.39, 0.29) is 6.61 Å². The largest absolute Gasteiger partial charge is 0.480 e. The SMILES string of the molecule is O=C(COc1ccc(Cl)cc1Cl)Oc1cccc(-n2cnnn2)c1. The van der Waals surface area contributed by atoms with Crippen molar-refractivity contribution in [3.63, 3.8) is 0 Å². The van der Waals surface area contributed by atoms with E-state index in [2.05, 4.69) is 15.5 Å². The Morgan fingerprint density at radius 3 is 2.79 bits per heavy atom. The quantitative estimate of drug-likeness (QED) is 0.511. The van der Waals surface area contributed by atoms with Crippen LogP contribution in [0.3, 0.4) is 0 Å². The lowest BCUT2D eigenvalue weighted by Gasteiger charge is -2.09. The first-order chi connectivity index (χ1) is 11.6. The zero-order chi connectivity index (χ0) is 16.9. The molecule has 1 aromatic heterocycles.